The van der Waals surface area contributed by atoms with Crippen molar-refractivity contribution in [2.75, 3.05) is 19.7 Å². The average molecular weight is 455 g/mol. The summed E-state index contributed by atoms with van der Waals surface area (Å²) in [5.74, 6) is 0.262. The molecule has 0 saturated carbocycles. The van der Waals surface area contributed by atoms with E-state index >= 15 is 0 Å². The third-order valence-electron chi connectivity index (χ3n) is 6.90. The SMILES string of the molecule is CCC(CC)(CCNC(=O)CCC(C)(C)C)OCCC(CC)(CC)C(=O)NCC(C)(C)C. The third-order valence-corrected chi connectivity index (χ3v) is 6.90. The lowest BCUT2D eigenvalue weighted by Crippen LogP contribution is -2.45. The van der Waals surface area contributed by atoms with Crippen molar-refractivity contribution in [1.82, 2.24) is 10.6 Å². The molecular formula is C27H54N2O3. The molecule has 0 aromatic carbocycles. The van der Waals surface area contributed by atoms with Gasteiger partial charge in [-0.1, -0.05) is 69.2 Å². The van der Waals surface area contributed by atoms with E-state index in [1.807, 2.05) is 0 Å². The first-order chi connectivity index (χ1) is 14.7. The summed E-state index contributed by atoms with van der Waals surface area (Å²) in [4.78, 5) is 25.2. The molecule has 0 saturated heterocycles. The molecule has 0 aliphatic carbocycles. The van der Waals surface area contributed by atoms with Gasteiger partial charge in [-0.25, -0.2) is 0 Å². The van der Waals surface area contributed by atoms with Crippen LogP contribution in [0.2, 0.25) is 0 Å². The highest BCUT2D eigenvalue weighted by atomic mass is 16.5. The van der Waals surface area contributed by atoms with Crippen LogP contribution in [0.4, 0.5) is 0 Å². The molecule has 0 fully saturated rings. The quantitative estimate of drug-likeness (QED) is 0.307. The van der Waals surface area contributed by atoms with Crippen molar-refractivity contribution in [3.63, 3.8) is 0 Å². The van der Waals surface area contributed by atoms with Crippen LogP contribution in [0.1, 0.15) is 121 Å². The molecule has 0 aromatic rings. The normalized spacial score (nSPS) is 13.2. The van der Waals surface area contributed by atoms with Gasteiger partial charge >= 0.3 is 0 Å². The van der Waals surface area contributed by atoms with Gasteiger partial charge in [0.25, 0.3) is 0 Å². The van der Waals surface area contributed by atoms with Crippen molar-refractivity contribution in [3.05, 3.63) is 0 Å². The Morgan fingerprint density at radius 3 is 1.72 bits per heavy atom. The summed E-state index contributed by atoms with van der Waals surface area (Å²) in [5, 5.41) is 6.24. The largest absolute Gasteiger partial charge is 0.375 e. The lowest BCUT2D eigenvalue weighted by atomic mass is 9.78. The smallest absolute Gasteiger partial charge is 0.226 e. The molecule has 0 unspecified atom stereocenters. The lowest BCUT2D eigenvalue weighted by Gasteiger charge is -2.36. The standard InChI is InChI=1S/C27H54N2O3/c1-11-26(12-2,23(31)29-21-25(8,9)10)18-20-32-27(13-3,14-4)17-19-28-22(30)15-16-24(5,6)7/h11-21H2,1-10H3,(H,28,30)(H,29,31). The molecule has 0 radical (unpaired) electrons. The van der Waals surface area contributed by atoms with Crippen molar-refractivity contribution < 1.29 is 14.3 Å². The first-order valence-corrected chi connectivity index (χ1v) is 12.9. The van der Waals surface area contributed by atoms with Gasteiger partial charge in [0, 0.05) is 26.1 Å². The molecule has 0 aliphatic heterocycles. The Bertz CT molecular complexity index is 550. The number of hydrogen-bond acceptors (Lipinski definition) is 3. The fourth-order valence-corrected chi connectivity index (χ4v) is 3.92. The van der Waals surface area contributed by atoms with Crippen molar-refractivity contribution in [1.29, 1.82) is 0 Å². The zero-order valence-corrected chi connectivity index (χ0v) is 23.0. The molecule has 0 bridgehead atoms. The summed E-state index contributed by atoms with van der Waals surface area (Å²) in [7, 11) is 0. The second-order valence-corrected chi connectivity index (χ2v) is 11.9. The van der Waals surface area contributed by atoms with Crippen molar-refractivity contribution in [3.8, 4) is 0 Å². The summed E-state index contributed by atoms with van der Waals surface area (Å²) < 4.78 is 6.45. The molecule has 0 rings (SSSR count). The van der Waals surface area contributed by atoms with Crippen LogP contribution >= 0.6 is 0 Å². The van der Waals surface area contributed by atoms with E-state index in [0.29, 0.717) is 26.1 Å². The maximum atomic E-state index is 13.0. The molecule has 0 aromatic heterocycles. The van der Waals surface area contributed by atoms with Crippen LogP contribution in [0.25, 0.3) is 0 Å². The summed E-state index contributed by atoms with van der Waals surface area (Å²) in [6.45, 7) is 23.2. The molecule has 5 nitrogen and oxygen atoms in total. The minimum absolute atomic E-state index is 0.0657. The van der Waals surface area contributed by atoms with Crippen LogP contribution in [-0.2, 0) is 14.3 Å². The molecule has 32 heavy (non-hydrogen) atoms. The van der Waals surface area contributed by atoms with Gasteiger partial charge in [0.15, 0.2) is 0 Å². The fraction of sp³-hybridized carbons (Fsp3) is 0.926. The van der Waals surface area contributed by atoms with Gasteiger partial charge < -0.3 is 15.4 Å². The number of hydrogen-bond donors (Lipinski definition) is 2. The Labute approximate surface area is 199 Å². The van der Waals surface area contributed by atoms with E-state index in [1.54, 1.807) is 0 Å². The van der Waals surface area contributed by atoms with E-state index in [-0.39, 0.29) is 33.7 Å². The predicted octanol–water partition coefficient (Wildman–Crippen LogP) is 6.25. The van der Waals surface area contributed by atoms with Crippen LogP contribution in [0.3, 0.4) is 0 Å². The Kier molecular flexibility index (Phi) is 13.1. The van der Waals surface area contributed by atoms with Crippen molar-refractivity contribution in [2.45, 2.75) is 126 Å². The van der Waals surface area contributed by atoms with Crippen LogP contribution in [0, 0.1) is 16.2 Å². The van der Waals surface area contributed by atoms with Gasteiger partial charge in [-0.15, -0.1) is 0 Å². The van der Waals surface area contributed by atoms with E-state index in [9.17, 15) is 9.59 Å². The topological polar surface area (TPSA) is 67.4 Å². The van der Waals surface area contributed by atoms with Crippen LogP contribution in [0.5, 0.6) is 0 Å². The number of amides is 2. The maximum absolute atomic E-state index is 13.0. The minimum atomic E-state index is -0.389. The molecule has 0 aliphatic rings. The number of carbonyl (C=O) groups is 2. The number of nitrogens with one attached hydrogen (secondary N) is 2. The van der Waals surface area contributed by atoms with E-state index in [4.69, 9.17) is 4.74 Å². The maximum Gasteiger partial charge on any atom is 0.226 e. The molecule has 5 heteroatoms. The van der Waals surface area contributed by atoms with Crippen molar-refractivity contribution in [2.24, 2.45) is 16.2 Å². The van der Waals surface area contributed by atoms with E-state index in [0.717, 1.165) is 44.9 Å². The summed E-state index contributed by atoms with van der Waals surface area (Å²) in [6, 6.07) is 0. The molecule has 0 spiro atoms. The average Bonchev–Trinajstić information content (AvgIpc) is 2.71. The minimum Gasteiger partial charge on any atom is -0.375 e. The lowest BCUT2D eigenvalue weighted by molar-refractivity contribution is -0.135. The Hall–Kier alpha value is -1.10. The molecular weight excluding hydrogens is 400 g/mol. The second-order valence-electron chi connectivity index (χ2n) is 11.9. The zero-order valence-electron chi connectivity index (χ0n) is 23.0. The Morgan fingerprint density at radius 2 is 1.28 bits per heavy atom. The molecule has 2 N–H and O–H groups in total. The molecule has 0 heterocycles. The molecule has 0 atom stereocenters. The van der Waals surface area contributed by atoms with E-state index in [1.165, 1.54) is 0 Å². The van der Waals surface area contributed by atoms with Gasteiger partial charge in [0.1, 0.15) is 0 Å². The second kappa shape index (κ2) is 13.6. The van der Waals surface area contributed by atoms with Crippen LogP contribution in [-0.4, -0.2) is 37.1 Å². The first kappa shape index (κ1) is 30.9. The number of rotatable bonds is 15. The number of carbonyl (C=O) groups excluding carboxylic acids is 2. The van der Waals surface area contributed by atoms with E-state index < -0.39 is 0 Å². The van der Waals surface area contributed by atoms with Crippen LogP contribution in [0.15, 0.2) is 0 Å². The highest BCUT2D eigenvalue weighted by Gasteiger charge is 2.36. The Balaban J connectivity index is 4.84. The van der Waals surface area contributed by atoms with Gasteiger partial charge in [-0.05, 0) is 55.8 Å². The molecule has 2 amide bonds. The number of ether oxygens (including phenoxy) is 1. The van der Waals surface area contributed by atoms with Crippen LogP contribution < -0.4 is 10.6 Å². The first-order valence-electron chi connectivity index (χ1n) is 12.9. The summed E-state index contributed by atoms with van der Waals surface area (Å²) in [5.41, 5.74) is -0.413. The Morgan fingerprint density at radius 1 is 0.719 bits per heavy atom. The third kappa shape index (κ3) is 11.7. The monoisotopic (exact) mass is 454 g/mol. The summed E-state index contributed by atoms with van der Waals surface area (Å²) >= 11 is 0. The highest BCUT2D eigenvalue weighted by molar-refractivity contribution is 5.82. The predicted molar refractivity (Wildman–Crippen MR) is 136 cm³/mol. The van der Waals surface area contributed by atoms with Gasteiger partial charge in [0.2, 0.25) is 11.8 Å². The van der Waals surface area contributed by atoms with Gasteiger partial charge in [-0.2, -0.15) is 0 Å². The highest BCUT2D eigenvalue weighted by Crippen LogP contribution is 2.33. The van der Waals surface area contributed by atoms with E-state index in [2.05, 4.69) is 79.9 Å². The van der Waals surface area contributed by atoms with Gasteiger partial charge in [0.05, 0.1) is 11.0 Å². The molecule has 190 valence electrons. The van der Waals surface area contributed by atoms with Crippen molar-refractivity contribution >= 4 is 11.8 Å². The summed E-state index contributed by atoms with van der Waals surface area (Å²) in [6.07, 6.45) is 6.35. The zero-order chi connectivity index (χ0) is 25.1. The fourth-order valence-electron chi connectivity index (χ4n) is 3.92. The van der Waals surface area contributed by atoms with Gasteiger partial charge in [-0.3, -0.25) is 9.59 Å².